The van der Waals surface area contributed by atoms with Gasteiger partial charge >= 0.3 is 0 Å². The van der Waals surface area contributed by atoms with Crippen LogP contribution in [-0.4, -0.2) is 35.5 Å². The zero-order valence-corrected chi connectivity index (χ0v) is 19.1. The quantitative estimate of drug-likeness (QED) is 0.428. The molecule has 2 N–H and O–H groups in total. The van der Waals surface area contributed by atoms with Crippen LogP contribution >= 0.6 is 11.6 Å². The van der Waals surface area contributed by atoms with Gasteiger partial charge in [0.15, 0.2) is 5.69 Å². The Labute approximate surface area is 197 Å². The van der Waals surface area contributed by atoms with E-state index in [0.717, 1.165) is 4.57 Å². The first-order valence-electron chi connectivity index (χ1n) is 10.1. The summed E-state index contributed by atoms with van der Waals surface area (Å²) in [6.07, 6.45) is 3.95. The van der Waals surface area contributed by atoms with Crippen LogP contribution in [0.3, 0.4) is 0 Å². The number of rotatable bonds is 6. The normalized spacial score (nSPS) is 13.0. The molecule has 0 bridgehead atoms. The molecule has 0 aliphatic heterocycles. The molecule has 34 heavy (non-hydrogen) atoms. The lowest BCUT2D eigenvalue weighted by Crippen LogP contribution is -2.29. The van der Waals surface area contributed by atoms with E-state index in [1.807, 2.05) is 0 Å². The number of carbonyl (C=O) groups excluding carboxylic acids is 1. The predicted octanol–water partition coefficient (Wildman–Crippen LogP) is 3.19. The molecule has 10 nitrogen and oxygen atoms in total. The number of aromatic nitrogens is 5. The topological polar surface area (TPSA) is 128 Å². The molecule has 2 unspecified atom stereocenters. The van der Waals surface area contributed by atoms with E-state index in [-0.39, 0.29) is 17.1 Å². The van der Waals surface area contributed by atoms with Gasteiger partial charge in [-0.2, -0.15) is 4.39 Å². The summed E-state index contributed by atoms with van der Waals surface area (Å²) >= 11 is 6.46. The van der Waals surface area contributed by atoms with Crippen LogP contribution in [0.1, 0.15) is 46.2 Å². The van der Waals surface area contributed by atoms with Crippen molar-refractivity contribution in [2.75, 3.05) is 5.32 Å². The van der Waals surface area contributed by atoms with Gasteiger partial charge in [-0.25, -0.2) is 4.98 Å². The highest BCUT2D eigenvalue weighted by molar-refractivity contribution is 6.31. The first-order valence-corrected chi connectivity index (χ1v) is 10.5. The number of halogens is 2. The van der Waals surface area contributed by atoms with Crippen LogP contribution in [-0.2, 0) is 14.1 Å². The van der Waals surface area contributed by atoms with Gasteiger partial charge in [-0.3, -0.25) is 18.8 Å². The minimum atomic E-state index is -0.839. The number of hydrogen-bond acceptors (Lipinski definition) is 7. The van der Waals surface area contributed by atoms with Crippen LogP contribution in [0.5, 0.6) is 5.75 Å². The average Bonchev–Trinajstić information content (AvgIpc) is 3.42. The fourth-order valence-corrected chi connectivity index (χ4v) is 4.15. The van der Waals surface area contributed by atoms with Crippen LogP contribution in [0.25, 0.3) is 0 Å². The first-order chi connectivity index (χ1) is 16.2. The number of nitrogens with zero attached hydrogens (tertiary/aromatic N) is 5. The second kappa shape index (κ2) is 9.10. The third-order valence-electron chi connectivity index (χ3n) is 5.50. The van der Waals surface area contributed by atoms with E-state index in [0.29, 0.717) is 10.6 Å². The molecule has 0 fully saturated rings. The highest BCUT2D eigenvalue weighted by Crippen LogP contribution is 2.41. The summed E-state index contributed by atoms with van der Waals surface area (Å²) in [6.45, 7) is 1.72. The van der Waals surface area contributed by atoms with E-state index in [1.165, 1.54) is 30.4 Å². The second-order valence-corrected chi connectivity index (χ2v) is 8.14. The van der Waals surface area contributed by atoms with Gasteiger partial charge in [-0.15, -0.1) is 5.10 Å². The minimum absolute atomic E-state index is 0.131. The lowest BCUT2D eigenvalue weighted by molar-refractivity contribution is 0.101. The van der Waals surface area contributed by atoms with Gasteiger partial charge in [-0.05, 0) is 11.6 Å². The minimum Gasteiger partial charge on any atom is -0.501 e. The molecule has 1 aromatic carbocycles. The number of nitrogens with one attached hydrogen (secondary N) is 1. The number of amides is 1. The third kappa shape index (κ3) is 4.17. The third-order valence-corrected chi connectivity index (χ3v) is 5.84. The molecule has 0 aliphatic carbocycles. The van der Waals surface area contributed by atoms with Crippen LogP contribution in [0.4, 0.5) is 10.1 Å². The Balaban J connectivity index is 1.86. The molecule has 0 aliphatic rings. The van der Waals surface area contributed by atoms with E-state index in [1.54, 1.807) is 38.2 Å². The van der Waals surface area contributed by atoms with Gasteiger partial charge in [0, 0.05) is 42.7 Å². The Morgan fingerprint density at radius 3 is 2.62 bits per heavy atom. The molecule has 0 saturated heterocycles. The Hall–Kier alpha value is -3.99. The van der Waals surface area contributed by atoms with Crippen LogP contribution in [0.2, 0.25) is 5.02 Å². The SMILES string of the molecule is CC(c1nc(C(=O)Nc2cnoc2)c(O)c(=O)n1C)C(c1ccccc1Cl)c1cn(C)nc1F. The van der Waals surface area contributed by atoms with E-state index in [9.17, 15) is 19.1 Å². The molecule has 3 heterocycles. The zero-order valence-electron chi connectivity index (χ0n) is 18.4. The second-order valence-electron chi connectivity index (χ2n) is 7.74. The van der Waals surface area contributed by atoms with E-state index in [2.05, 4.69) is 25.1 Å². The van der Waals surface area contributed by atoms with Crippen molar-refractivity contribution in [3.05, 3.63) is 86.9 Å². The summed E-state index contributed by atoms with van der Waals surface area (Å²) < 4.78 is 22.0. The van der Waals surface area contributed by atoms with Gasteiger partial charge in [-0.1, -0.05) is 41.9 Å². The molecule has 4 rings (SSSR count). The van der Waals surface area contributed by atoms with Gasteiger partial charge < -0.3 is 14.9 Å². The number of benzene rings is 1. The summed E-state index contributed by atoms with van der Waals surface area (Å²) in [5.74, 6) is -3.61. The van der Waals surface area contributed by atoms with E-state index >= 15 is 0 Å². The molecule has 0 radical (unpaired) electrons. The molecule has 12 heteroatoms. The molecule has 3 aromatic heterocycles. The lowest BCUT2D eigenvalue weighted by atomic mass is 9.82. The molecule has 2 atom stereocenters. The number of aromatic hydroxyl groups is 1. The van der Waals surface area contributed by atoms with Crippen molar-refractivity contribution >= 4 is 23.2 Å². The monoisotopic (exact) mass is 486 g/mol. The Morgan fingerprint density at radius 1 is 1.26 bits per heavy atom. The highest BCUT2D eigenvalue weighted by atomic mass is 35.5. The standard InChI is InChI=1S/C22H20ClFN6O4/c1-11(16(13-6-4-5-7-15(13)23)14-9-29(2)28-19(14)24)20-27-17(18(31)22(33)30(20)3)21(32)26-12-8-25-34-10-12/h4-11,16,31H,1-3H3,(H,26,32). The molecule has 0 spiro atoms. The average molecular weight is 487 g/mol. The van der Waals surface area contributed by atoms with Gasteiger partial charge in [0.1, 0.15) is 17.8 Å². The maximum absolute atomic E-state index is 14.8. The van der Waals surface area contributed by atoms with Gasteiger partial charge in [0.05, 0.1) is 6.20 Å². The smallest absolute Gasteiger partial charge is 0.296 e. The summed E-state index contributed by atoms with van der Waals surface area (Å²) in [4.78, 5) is 29.9. The first kappa shape index (κ1) is 23.2. The van der Waals surface area contributed by atoms with Crippen LogP contribution in [0.15, 0.2) is 52.2 Å². The predicted molar refractivity (Wildman–Crippen MR) is 120 cm³/mol. The molecule has 0 saturated carbocycles. The summed E-state index contributed by atoms with van der Waals surface area (Å²) in [5.41, 5.74) is -0.289. The maximum atomic E-state index is 14.8. The van der Waals surface area contributed by atoms with Gasteiger partial charge in [0.25, 0.3) is 11.5 Å². The number of hydrogen-bond donors (Lipinski definition) is 2. The van der Waals surface area contributed by atoms with Crippen molar-refractivity contribution in [2.24, 2.45) is 14.1 Å². The fraction of sp³-hybridized carbons (Fsp3) is 0.227. The lowest BCUT2D eigenvalue weighted by Gasteiger charge is -2.26. The van der Waals surface area contributed by atoms with Crippen LogP contribution < -0.4 is 10.9 Å². The summed E-state index contributed by atoms with van der Waals surface area (Å²) in [6, 6.07) is 6.92. The molecule has 176 valence electrons. The Bertz CT molecular complexity index is 1420. The molecule has 1 amide bonds. The molecule has 4 aromatic rings. The van der Waals surface area contributed by atoms with Crippen molar-refractivity contribution in [3.63, 3.8) is 0 Å². The summed E-state index contributed by atoms with van der Waals surface area (Å²) in [7, 11) is 2.99. The maximum Gasteiger partial charge on any atom is 0.296 e. The van der Waals surface area contributed by atoms with Crippen molar-refractivity contribution in [3.8, 4) is 5.75 Å². The van der Waals surface area contributed by atoms with Crippen molar-refractivity contribution < 1.29 is 18.8 Å². The van der Waals surface area contributed by atoms with Crippen molar-refractivity contribution in [2.45, 2.75) is 18.8 Å². The Morgan fingerprint density at radius 2 is 2.00 bits per heavy atom. The van der Waals surface area contributed by atoms with Gasteiger partial charge in [0.2, 0.25) is 11.7 Å². The van der Waals surface area contributed by atoms with Crippen LogP contribution in [0, 0.1) is 5.95 Å². The number of aryl methyl sites for hydroxylation is 1. The highest BCUT2D eigenvalue weighted by Gasteiger charge is 2.33. The fourth-order valence-electron chi connectivity index (χ4n) is 3.90. The van der Waals surface area contributed by atoms with Crippen molar-refractivity contribution in [1.29, 1.82) is 0 Å². The largest absolute Gasteiger partial charge is 0.501 e. The zero-order chi connectivity index (χ0) is 24.6. The molecular weight excluding hydrogens is 467 g/mol. The molecular formula is C22H20ClFN6O4. The number of carbonyl (C=O) groups is 1. The van der Waals surface area contributed by atoms with E-state index in [4.69, 9.17) is 11.6 Å². The summed E-state index contributed by atoms with van der Waals surface area (Å²) in [5, 5.41) is 20.5. The Kier molecular flexibility index (Phi) is 6.20. The van der Waals surface area contributed by atoms with Crippen molar-refractivity contribution in [1.82, 2.24) is 24.5 Å². The van der Waals surface area contributed by atoms with E-state index < -0.39 is 40.7 Å². The number of anilines is 1.